The summed E-state index contributed by atoms with van der Waals surface area (Å²) in [6.45, 7) is 0. The molecule has 12 nitrogen and oxygen atoms in total. The van der Waals surface area contributed by atoms with E-state index in [-0.39, 0.29) is 45.8 Å². The molecule has 2 heterocycles. The van der Waals surface area contributed by atoms with Crippen molar-refractivity contribution < 1.29 is 54.8 Å². The van der Waals surface area contributed by atoms with E-state index in [1.807, 2.05) is 0 Å². The van der Waals surface area contributed by atoms with Gasteiger partial charge in [-0.25, -0.2) is 0 Å². The van der Waals surface area contributed by atoms with Crippen LogP contribution in [-0.4, -0.2) is 46.6 Å². The Morgan fingerprint density at radius 2 is 1.38 bits per heavy atom. The van der Waals surface area contributed by atoms with Gasteiger partial charge in [0.1, 0.15) is 57.1 Å². The van der Waals surface area contributed by atoms with Crippen molar-refractivity contribution in [1.82, 2.24) is 0 Å². The van der Waals surface area contributed by atoms with Crippen LogP contribution in [0.2, 0.25) is 0 Å². The number of ether oxygens (including phenoxy) is 1. The van der Waals surface area contributed by atoms with Crippen LogP contribution in [0.4, 0.5) is 0 Å². The second-order valence-electron chi connectivity index (χ2n) is 9.64. The van der Waals surface area contributed by atoms with E-state index in [0.717, 1.165) is 30.3 Å². The normalized spacial score (nSPS) is 14.5. The summed E-state index contributed by atoms with van der Waals surface area (Å²) >= 11 is 0. The molecule has 1 aliphatic rings. The average molecular weight is 572 g/mol. The van der Waals surface area contributed by atoms with Crippen LogP contribution in [-0.2, 0) is 0 Å². The number of aromatic hydroxyl groups is 8. The third kappa shape index (κ3) is 4.01. The maximum absolute atomic E-state index is 13.2. The minimum atomic E-state index is -0.939. The van der Waals surface area contributed by atoms with Crippen LogP contribution >= 0.6 is 0 Å². The first-order valence-electron chi connectivity index (χ1n) is 12.3. The molecule has 0 aliphatic carbocycles. The van der Waals surface area contributed by atoms with Crippen molar-refractivity contribution in [2.75, 3.05) is 0 Å². The van der Waals surface area contributed by atoms with Gasteiger partial charge in [-0.05, 0) is 29.8 Å². The van der Waals surface area contributed by atoms with Gasteiger partial charge in [-0.3, -0.25) is 9.59 Å². The number of rotatable bonds is 3. The predicted molar refractivity (Wildman–Crippen MR) is 145 cm³/mol. The fourth-order valence-corrected chi connectivity index (χ4v) is 5.06. The predicted octanol–water partition coefficient (Wildman–Crippen LogP) is 4.48. The number of hydrogen-bond acceptors (Lipinski definition) is 12. The largest absolute Gasteiger partial charge is 0.508 e. The van der Waals surface area contributed by atoms with Crippen LogP contribution in [0.25, 0.3) is 33.4 Å². The highest BCUT2D eigenvalue weighted by Gasteiger charge is 2.35. The molecule has 5 aromatic rings. The van der Waals surface area contributed by atoms with Crippen molar-refractivity contribution in [3.8, 4) is 74.2 Å². The van der Waals surface area contributed by atoms with Gasteiger partial charge < -0.3 is 50.0 Å². The number of ketones is 1. The van der Waals surface area contributed by atoms with Crippen molar-refractivity contribution in [3.63, 3.8) is 0 Å². The minimum Gasteiger partial charge on any atom is -0.508 e. The minimum absolute atomic E-state index is 0.112. The van der Waals surface area contributed by atoms with E-state index in [2.05, 4.69) is 0 Å². The summed E-state index contributed by atoms with van der Waals surface area (Å²) in [7, 11) is 0. The number of carbonyl (C=O) groups excluding carboxylic acids is 1. The molecule has 212 valence electrons. The van der Waals surface area contributed by atoms with Gasteiger partial charge in [0, 0.05) is 35.4 Å². The number of carbonyl (C=O) groups is 1. The van der Waals surface area contributed by atoms with Crippen molar-refractivity contribution in [3.05, 3.63) is 75.9 Å². The second-order valence-corrected chi connectivity index (χ2v) is 9.64. The van der Waals surface area contributed by atoms with E-state index in [0.29, 0.717) is 5.56 Å². The molecule has 0 radical (unpaired) electrons. The number of phenols is 8. The molecule has 0 spiro atoms. The van der Waals surface area contributed by atoms with Crippen LogP contribution in [0.15, 0.2) is 63.8 Å². The zero-order chi connectivity index (χ0) is 30.0. The molecule has 12 heteroatoms. The van der Waals surface area contributed by atoms with Gasteiger partial charge in [-0.1, -0.05) is 6.07 Å². The monoisotopic (exact) mass is 572 g/mol. The van der Waals surface area contributed by atoms with E-state index in [1.54, 1.807) is 0 Å². The van der Waals surface area contributed by atoms with Crippen LogP contribution in [0.5, 0.6) is 51.7 Å². The summed E-state index contributed by atoms with van der Waals surface area (Å²) < 4.78 is 11.6. The molecule has 6 rings (SSSR count). The molecule has 0 saturated heterocycles. The smallest absolute Gasteiger partial charge is 0.197 e. The van der Waals surface area contributed by atoms with Crippen molar-refractivity contribution in [2.24, 2.45) is 0 Å². The van der Waals surface area contributed by atoms with Gasteiger partial charge >= 0.3 is 0 Å². The first-order chi connectivity index (χ1) is 19.9. The summed E-state index contributed by atoms with van der Waals surface area (Å²) in [5.41, 5.74) is -1.96. The highest BCUT2D eigenvalue weighted by molar-refractivity contribution is 6.07. The number of benzene rings is 4. The zero-order valence-corrected chi connectivity index (χ0v) is 21.2. The molecule has 0 fully saturated rings. The van der Waals surface area contributed by atoms with Gasteiger partial charge in [0.05, 0.1) is 12.0 Å². The SMILES string of the molecule is O=C1CC(c2ccc(O)c(O)c2)Oc2cc(O)c(-c3c(-c4cc(=O)c5c(O)cc(O)cc5o4)ccc(O)c3O)c(O)c21. The second kappa shape index (κ2) is 9.27. The Labute approximate surface area is 234 Å². The standard InChI is InChI=1S/C30H20O12/c31-12-6-17(35)26-18(36)9-22(42-23(26)7-12)13-2-4-15(33)29(39)25(13)28-20(38)10-24-27(30(28)40)19(37)8-21(41-24)11-1-3-14(32)16(34)5-11/h1-7,9-10,21,31-35,38-40H,8H2. The Kier molecular flexibility index (Phi) is 5.78. The third-order valence-corrected chi connectivity index (χ3v) is 7.00. The highest BCUT2D eigenvalue weighted by atomic mass is 16.5. The summed E-state index contributed by atoms with van der Waals surface area (Å²) in [6.07, 6.45) is -1.24. The number of phenolic OH excluding ortho intramolecular Hbond substituents is 8. The number of fused-ring (bicyclic) bond motifs is 2. The summed E-state index contributed by atoms with van der Waals surface area (Å²) in [6, 6.07) is 10.2. The van der Waals surface area contributed by atoms with Gasteiger partial charge in [0.15, 0.2) is 34.2 Å². The van der Waals surface area contributed by atoms with Gasteiger partial charge in [0.2, 0.25) is 0 Å². The summed E-state index contributed by atoms with van der Waals surface area (Å²) in [5.74, 6) is -5.83. The highest BCUT2D eigenvalue weighted by Crippen LogP contribution is 2.54. The van der Waals surface area contributed by atoms with E-state index in [4.69, 9.17) is 9.15 Å². The van der Waals surface area contributed by atoms with Crippen LogP contribution in [0, 0.1) is 0 Å². The Morgan fingerprint density at radius 3 is 2.12 bits per heavy atom. The fraction of sp³-hybridized carbons (Fsp3) is 0.0667. The van der Waals surface area contributed by atoms with Gasteiger partial charge in [-0.2, -0.15) is 0 Å². The third-order valence-electron chi connectivity index (χ3n) is 7.00. The topological polar surface area (TPSA) is 218 Å². The van der Waals surface area contributed by atoms with E-state index >= 15 is 0 Å². The van der Waals surface area contributed by atoms with Crippen molar-refractivity contribution in [1.29, 1.82) is 0 Å². The van der Waals surface area contributed by atoms with Crippen LogP contribution in [0.3, 0.4) is 0 Å². The van der Waals surface area contributed by atoms with Crippen LogP contribution < -0.4 is 10.2 Å². The number of Topliss-reactive ketones (excluding diaryl/α,β-unsaturated/α-hetero) is 1. The van der Waals surface area contributed by atoms with Crippen LogP contribution in [0.1, 0.15) is 28.4 Å². The Hall–Kier alpha value is -6.04. The molecule has 1 unspecified atom stereocenters. The lowest BCUT2D eigenvalue weighted by atomic mass is 9.89. The molecule has 8 N–H and O–H groups in total. The quantitative estimate of drug-likeness (QED) is 0.140. The lowest BCUT2D eigenvalue weighted by molar-refractivity contribution is 0.0844. The first-order valence-corrected chi connectivity index (χ1v) is 12.3. The average Bonchev–Trinajstić information content (AvgIpc) is 2.91. The molecule has 4 aromatic carbocycles. The lowest BCUT2D eigenvalue weighted by Crippen LogP contribution is -2.20. The first kappa shape index (κ1) is 26.2. The zero-order valence-electron chi connectivity index (χ0n) is 21.2. The maximum atomic E-state index is 13.2. The summed E-state index contributed by atoms with van der Waals surface area (Å²) in [4.78, 5) is 26.1. The summed E-state index contributed by atoms with van der Waals surface area (Å²) in [5, 5.41) is 82.7. The van der Waals surface area contributed by atoms with E-state index in [9.17, 15) is 50.4 Å². The van der Waals surface area contributed by atoms with Crippen molar-refractivity contribution in [2.45, 2.75) is 12.5 Å². The maximum Gasteiger partial charge on any atom is 0.197 e. The van der Waals surface area contributed by atoms with Crippen molar-refractivity contribution >= 4 is 16.8 Å². The molecule has 0 amide bonds. The number of hydrogen-bond donors (Lipinski definition) is 8. The van der Waals surface area contributed by atoms with E-state index < -0.39 is 68.7 Å². The molecular weight excluding hydrogens is 552 g/mol. The molecule has 1 aliphatic heterocycles. The molecule has 42 heavy (non-hydrogen) atoms. The fourth-order valence-electron chi connectivity index (χ4n) is 5.06. The lowest BCUT2D eigenvalue weighted by Gasteiger charge is -2.27. The van der Waals surface area contributed by atoms with E-state index in [1.165, 1.54) is 24.3 Å². The Bertz CT molecular complexity index is 2020. The Morgan fingerprint density at radius 1 is 0.643 bits per heavy atom. The Balaban J connectivity index is 1.54. The molecule has 0 bridgehead atoms. The van der Waals surface area contributed by atoms with Gasteiger partial charge in [0.25, 0.3) is 0 Å². The molecular formula is C30H20O12. The molecule has 1 aromatic heterocycles. The van der Waals surface area contributed by atoms with Gasteiger partial charge in [-0.15, -0.1) is 0 Å². The molecule has 1 atom stereocenters. The molecule has 0 saturated carbocycles.